The normalized spacial score (nSPS) is 19.9. The maximum absolute atomic E-state index is 14.2. The maximum Gasteiger partial charge on any atom is 0.193 e. The number of likely N-dealkylation sites (tertiary alicyclic amines) is 1. The fourth-order valence-corrected chi connectivity index (χ4v) is 3.98. The Bertz CT molecular complexity index is 776. The summed E-state index contributed by atoms with van der Waals surface area (Å²) in [7, 11) is 0. The topological polar surface area (TPSA) is 69.2 Å². The van der Waals surface area contributed by atoms with Crippen molar-refractivity contribution >= 4 is 5.96 Å². The van der Waals surface area contributed by atoms with Gasteiger partial charge >= 0.3 is 0 Å². The second-order valence-corrected chi connectivity index (χ2v) is 7.56. The van der Waals surface area contributed by atoms with Crippen LogP contribution in [0.25, 0.3) is 0 Å². The van der Waals surface area contributed by atoms with Crippen LogP contribution in [0.3, 0.4) is 0 Å². The predicted octanol–water partition coefficient (Wildman–Crippen LogP) is 2.82. The van der Waals surface area contributed by atoms with Gasteiger partial charge in [0.1, 0.15) is 18.0 Å². The molecule has 6 nitrogen and oxygen atoms in total. The third kappa shape index (κ3) is 3.82. The fraction of sp³-hybridized carbons (Fsp3) is 0.550. The highest BCUT2D eigenvalue weighted by Crippen LogP contribution is 2.49. The molecule has 1 saturated carbocycles. The number of rotatable bonds is 5. The van der Waals surface area contributed by atoms with E-state index in [0.717, 1.165) is 62.7 Å². The van der Waals surface area contributed by atoms with Crippen LogP contribution in [0.2, 0.25) is 0 Å². The van der Waals surface area contributed by atoms with Crippen LogP contribution in [-0.2, 0) is 5.41 Å². The van der Waals surface area contributed by atoms with Gasteiger partial charge in [0.2, 0.25) is 0 Å². The molecule has 4 rings (SSSR count). The Hall–Kier alpha value is -2.44. The highest BCUT2D eigenvalue weighted by atomic mass is 19.1. The molecule has 2 aliphatic rings. The Balaban J connectivity index is 1.43. The minimum atomic E-state index is -0.121. The van der Waals surface area contributed by atoms with Gasteiger partial charge < -0.3 is 10.2 Å². The summed E-state index contributed by atoms with van der Waals surface area (Å²) < 4.78 is 14.2. The van der Waals surface area contributed by atoms with Gasteiger partial charge in [0, 0.05) is 31.0 Å². The van der Waals surface area contributed by atoms with E-state index in [1.165, 1.54) is 0 Å². The molecule has 0 amide bonds. The Labute approximate surface area is 159 Å². The summed E-state index contributed by atoms with van der Waals surface area (Å²) in [5.41, 5.74) is 0.693. The van der Waals surface area contributed by atoms with Crippen molar-refractivity contribution in [2.45, 2.75) is 43.9 Å². The van der Waals surface area contributed by atoms with E-state index in [4.69, 9.17) is 4.99 Å². The smallest absolute Gasteiger partial charge is 0.193 e. The summed E-state index contributed by atoms with van der Waals surface area (Å²) in [6, 6.07) is 7.13. The van der Waals surface area contributed by atoms with Gasteiger partial charge in [-0.05, 0) is 44.2 Å². The van der Waals surface area contributed by atoms with Gasteiger partial charge in [0.25, 0.3) is 0 Å². The van der Waals surface area contributed by atoms with Crippen LogP contribution in [0, 0.1) is 5.82 Å². The number of H-pyrrole nitrogens is 1. The zero-order valence-electron chi connectivity index (χ0n) is 15.8. The SMILES string of the molecule is CCNC(=NCC1(c2ccccc2F)CC1)N1CCC(c2ncn[nH]2)CC1. The largest absolute Gasteiger partial charge is 0.357 e. The van der Waals surface area contributed by atoms with E-state index in [2.05, 4.69) is 32.3 Å². The van der Waals surface area contributed by atoms with E-state index in [-0.39, 0.29) is 11.2 Å². The van der Waals surface area contributed by atoms with Crippen molar-refractivity contribution in [3.63, 3.8) is 0 Å². The van der Waals surface area contributed by atoms with Crippen LogP contribution in [0.1, 0.15) is 49.9 Å². The summed E-state index contributed by atoms with van der Waals surface area (Å²) in [6.07, 6.45) is 5.63. The number of halogens is 1. The quantitative estimate of drug-likeness (QED) is 0.627. The van der Waals surface area contributed by atoms with Crippen LogP contribution in [-0.4, -0.2) is 52.2 Å². The lowest BCUT2D eigenvalue weighted by Crippen LogP contribution is -2.45. The third-order valence-corrected chi connectivity index (χ3v) is 5.78. The van der Waals surface area contributed by atoms with Crippen molar-refractivity contribution in [1.82, 2.24) is 25.4 Å². The van der Waals surface area contributed by atoms with E-state index in [1.807, 2.05) is 12.1 Å². The van der Waals surface area contributed by atoms with E-state index in [1.54, 1.807) is 18.5 Å². The standard InChI is InChI=1S/C20H27FN6/c1-2-22-19(27-11-7-15(8-12-27)18-24-14-25-26-18)23-13-20(9-10-20)16-5-3-4-6-17(16)21/h3-6,14-15H,2,7-13H2,1H3,(H,22,23)(H,24,25,26). The van der Waals surface area contributed by atoms with Crippen LogP contribution in [0.15, 0.2) is 35.6 Å². The fourth-order valence-electron chi connectivity index (χ4n) is 3.98. The molecule has 1 saturated heterocycles. The molecule has 1 aromatic carbocycles. The first kappa shape index (κ1) is 17.9. The van der Waals surface area contributed by atoms with Gasteiger partial charge in [0.05, 0.1) is 6.54 Å². The molecule has 7 heteroatoms. The molecule has 0 spiro atoms. The molecule has 0 atom stereocenters. The van der Waals surface area contributed by atoms with E-state index >= 15 is 0 Å². The molecule has 0 bridgehead atoms. The lowest BCUT2D eigenvalue weighted by molar-refractivity contribution is 0.298. The van der Waals surface area contributed by atoms with Crippen LogP contribution >= 0.6 is 0 Å². The van der Waals surface area contributed by atoms with Gasteiger partial charge in [-0.3, -0.25) is 10.1 Å². The lowest BCUT2D eigenvalue weighted by atomic mass is 9.95. The minimum absolute atomic E-state index is 0.108. The number of piperidine rings is 1. The van der Waals surface area contributed by atoms with Crippen molar-refractivity contribution < 1.29 is 4.39 Å². The molecule has 2 N–H and O–H groups in total. The van der Waals surface area contributed by atoms with Crippen molar-refractivity contribution in [3.8, 4) is 0 Å². The van der Waals surface area contributed by atoms with Crippen molar-refractivity contribution in [1.29, 1.82) is 0 Å². The molecular formula is C20H27FN6. The predicted molar refractivity (Wildman–Crippen MR) is 103 cm³/mol. The van der Waals surface area contributed by atoms with Crippen molar-refractivity contribution in [2.24, 2.45) is 4.99 Å². The van der Waals surface area contributed by atoms with E-state index in [9.17, 15) is 4.39 Å². The summed E-state index contributed by atoms with van der Waals surface area (Å²) in [6.45, 7) is 5.42. The molecule has 2 heterocycles. The number of aromatic amines is 1. The molecule has 1 aromatic heterocycles. The molecule has 0 unspecified atom stereocenters. The van der Waals surface area contributed by atoms with Gasteiger partial charge in [0.15, 0.2) is 5.96 Å². The highest BCUT2D eigenvalue weighted by molar-refractivity contribution is 5.80. The molecule has 1 aliphatic carbocycles. The number of guanidine groups is 1. The Morgan fingerprint density at radius 1 is 1.33 bits per heavy atom. The molecule has 1 aliphatic heterocycles. The average Bonchev–Trinajstić information content (AvgIpc) is 3.27. The number of benzene rings is 1. The van der Waals surface area contributed by atoms with Crippen molar-refractivity contribution in [2.75, 3.05) is 26.2 Å². The van der Waals surface area contributed by atoms with Crippen LogP contribution < -0.4 is 5.32 Å². The second-order valence-electron chi connectivity index (χ2n) is 7.56. The molecule has 0 radical (unpaired) electrons. The Morgan fingerprint density at radius 2 is 2.11 bits per heavy atom. The average molecular weight is 370 g/mol. The highest BCUT2D eigenvalue weighted by Gasteiger charge is 2.46. The van der Waals surface area contributed by atoms with E-state index in [0.29, 0.717) is 12.5 Å². The molecule has 144 valence electrons. The third-order valence-electron chi connectivity index (χ3n) is 5.78. The Morgan fingerprint density at radius 3 is 2.74 bits per heavy atom. The van der Waals surface area contributed by atoms with Crippen LogP contribution in [0.5, 0.6) is 0 Å². The van der Waals surface area contributed by atoms with Gasteiger partial charge in [-0.1, -0.05) is 18.2 Å². The lowest BCUT2D eigenvalue weighted by Gasteiger charge is -2.33. The first-order chi connectivity index (χ1) is 13.2. The van der Waals surface area contributed by atoms with Crippen LogP contribution in [0.4, 0.5) is 4.39 Å². The minimum Gasteiger partial charge on any atom is -0.357 e. The van der Waals surface area contributed by atoms with Gasteiger partial charge in [-0.25, -0.2) is 9.37 Å². The van der Waals surface area contributed by atoms with Crippen molar-refractivity contribution in [3.05, 3.63) is 47.8 Å². The summed E-state index contributed by atoms with van der Waals surface area (Å²) >= 11 is 0. The molecule has 2 fully saturated rings. The molecule has 2 aromatic rings. The molecule has 27 heavy (non-hydrogen) atoms. The number of hydrogen-bond donors (Lipinski definition) is 2. The zero-order valence-corrected chi connectivity index (χ0v) is 15.8. The molecular weight excluding hydrogens is 343 g/mol. The summed E-state index contributed by atoms with van der Waals surface area (Å²) in [5.74, 6) is 2.24. The summed E-state index contributed by atoms with van der Waals surface area (Å²) in [4.78, 5) is 11.5. The van der Waals surface area contributed by atoms with Gasteiger partial charge in [-0.15, -0.1) is 0 Å². The Kier molecular flexibility index (Phi) is 5.09. The first-order valence-electron chi connectivity index (χ1n) is 9.85. The number of nitrogens with one attached hydrogen (secondary N) is 2. The summed E-state index contributed by atoms with van der Waals surface area (Å²) in [5, 5.41) is 10.4. The number of aliphatic imine (C=N–C) groups is 1. The monoisotopic (exact) mass is 370 g/mol. The zero-order chi connectivity index (χ0) is 18.7. The number of hydrogen-bond acceptors (Lipinski definition) is 3. The second kappa shape index (κ2) is 7.66. The number of aromatic nitrogens is 3. The first-order valence-corrected chi connectivity index (χ1v) is 9.85. The van der Waals surface area contributed by atoms with Gasteiger partial charge in [-0.2, -0.15) is 5.10 Å². The number of nitrogens with zero attached hydrogens (tertiary/aromatic N) is 4. The maximum atomic E-state index is 14.2. The van der Waals surface area contributed by atoms with E-state index < -0.39 is 0 Å².